The molecule has 0 bridgehead atoms. The third-order valence-electron chi connectivity index (χ3n) is 6.28. The van der Waals surface area contributed by atoms with Crippen molar-refractivity contribution in [3.63, 3.8) is 0 Å². The van der Waals surface area contributed by atoms with Crippen LogP contribution < -0.4 is 15.5 Å². The average molecular weight is 422 g/mol. The molecule has 4 rings (SSSR count). The van der Waals surface area contributed by atoms with E-state index >= 15 is 0 Å². The fourth-order valence-corrected chi connectivity index (χ4v) is 4.66. The zero-order chi connectivity index (χ0) is 21.6. The van der Waals surface area contributed by atoms with Crippen LogP contribution in [0.15, 0.2) is 48.5 Å². The number of likely N-dealkylation sites (tertiary alicyclic amines) is 1. The highest BCUT2D eigenvalue weighted by Crippen LogP contribution is 2.34. The molecule has 1 atom stereocenters. The Bertz CT molecular complexity index is 923. The number of amides is 2. The summed E-state index contributed by atoms with van der Waals surface area (Å²) >= 11 is 0. The summed E-state index contributed by atoms with van der Waals surface area (Å²) in [4.78, 5) is 29.0. The number of rotatable bonds is 8. The van der Waals surface area contributed by atoms with Gasteiger partial charge >= 0.3 is 0 Å². The van der Waals surface area contributed by atoms with Gasteiger partial charge in [-0.05, 0) is 49.9 Å². The van der Waals surface area contributed by atoms with Crippen LogP contribution >= 0.6 is 0 Å². The number of nitrogens with zero attached hydrogens (tertiary/aromatic N) is 1. The zero-order valence-electron chi connectivity index (χ0n) is 18.3. The number of piperidine rings is 1. The van der Waals surface area contributed by atoms with Crippen molar-refractivity contribution in [1.82, 2.24) is 10.2 Å². The highest BCUT2D eigenvalue weighted by atomic mass is 16.2. The molecule has 1 fully saturated rings. The lowest BCUT2D eigenvalue weighted by molar-refractivity contribution is -0.903. The molecule has 2 aromatic rings. The lowest BCUT2D eigenvalue weighted by Crippen LogP contribution is -3.13. The molecule has 0 aliphatic carbocycles. The lowest BCUT2D eigenvalue weighted by atomic mass is 10.1. The lowest BCUT2D eigenvalue weighted by Gasteiger charge is -2.27. The van der Waals surface area contributed by atoms with Gasteiger partial charge in [0, 0.05) is 28.9 Å². The van der Waals surface area contributed by atoms with Crippen LogP contribution in [0.5, 0.6) is 0 Å². The summed E-state index contributed by atoms with van der Waals surface area (Å²) < 4.78 is 0. The van der Waals surface area contributed by atoms with E-state index < -0.39 is 0 Å². The summed E-state index contributed by atoms with van der Waals surface area (Å²) in [5.74, 6) is 0.0115. The summed E-state index contributed by atoms with van der Waals surface area (Å²) in [6.45, 7) is 6.86. The molecule has 2 aliphatic rings. The number of fused-ring (bicyclic) bond motifs is 1. The van der Waals surface area contributed by atoms with E-state index in [0.29, 0.717) is 18.7 Å². The summed E-state index contributed by atoms with van der Waals surface area (Å²) in [7, 11) is 0. The number of anilines is 1. The summed E-state index contributed by atoms with van der Waals surface area (Å²) in [5.41, 5.74) is 3.21. The maximum absolute atomic E-state index is 12.8. The Morgan fingerprint density at radius 3 is 2.71 bits per heavy atom. The van der Waals surface area contributed by atoms with E-state index in [1.807, 2.05) is 53.4 Å². The predicted molar refractivity (Wildman–Crippen MR) is 122 cm³/mol. The normalized spacial score (nSPS) is 18.7. The SMILES string of the molecule is CCCN1C(=O)c2ccccc2[C@H]1Nc1cccc(C(=O)NCC[NH+]2CCCCC2)c1. The van der Waals surface area contributed by atoms with Gasteiger partial charge in [0.25, 0.3) is 11.8 Å². The number of quaternary nitrogens is 1. The van der Waals surface area contributed by atoms with Crippen LogP contribution in [-0.4, -0.2) is 49.4 Å². The Morgan fingerprint density at radius 1 is 1.10 bits per heavy atom. The molecule has 2 heterocycles. The second kappa shape index (κ2) is 9.96. The van der Waals surface area contributed by atoms with Crippen molar-refractivity contribution in [1.29, 1.82) is 0 Å². The highest BCUT2D eigenvalue weighted by molar-refractivity contribution is 5.99. The number of carbonyl (C=O) groups excluding carboxylic acids is 2. The van der Waals surface area contributed by atoms with Crippen molar-refractivity contribution in [3.05, 3.63) is 65.2 Å². The zero-order valence-corrected chi connectivity index (χ0v) is 18.3. The molecule has 0 aromatic heterocycles. The molecular formula is C25H33N4O2+. The Labute approximate surface area is 184 Å². The van der Waals surface area contributed by atoms with Gasteiger partial charge in [0.05, 0.1) is 26.2 Å². The second-order valence-electron chi connectivity index (χ2n) is 8.53. The van der Waals surface area contributed by atoms with Crippen molar-refractivity contribution in [2.75, 3.05) is 38.0 Å². The van der Waals surface area contributed by atoms with Crippen LogP contribution in [0.4, 0.5) is 5.69 Å². The molecule has 31 heavy (non-hydrogen) atoms. The van der Waals surface area contributed by atoms with Gasteiger partial charge in [-0.1, -0.05) is 31.2 Å². The van der Waals surface area contributed by atoms with Crippen LogP contribution in [0.1, 0.15) is 65.1 Å². The van der Waals surface area contributed by atoms with E-state index in [2.05, 4.69) is 17.6 Å². The predicted octanol–water partition coefficient (Wildman–Crippen LogP) is 2.46. The standard InChI is InChI=1S/C25H32N4O2/c1-2-14-29-23(21-11-4-5-12-22(21)25(29)31)27-20-10-8-9-19(18-20)24(30)26-13-17-28-15-6-3-7-16-28/h4-5,8-12,18,23,27H,2-3,6-7,13-17H2,1H3,(H,26,30)/p+1/t23-/m0/s1. The molecule has 0 radical (unpaired) electrons. The maximum atomic E-state index is 12.8. The molecule has 6 nitrogen and oxygen atoms in total. The second-order valence-corrected chi connectivity index (χ2v) is 8.53. The van der Waals surface area contributed by atoms with Crippen LogP contribution in [0.25, 0.3) is 0 Å². The van der Waals surface area contributed by atoms with Gasteiger partial charge in [-0.15, -0.1) is 0 Å². The van der Waals surface area contributed by atoms with Crippen molar-refractivity contribution in [3.8, 4) is 0 Å². The van der Waals surface area contributed by atoms with Gasteiger partial charge in [0.2, 0.25) is 0 Å². The van der Waals surface area contributed by atoms with E-state index in [-0.39, 0.29) is 18.0 Å². The van der Waals surface area contributed by atoms with Crippen molar-refractivity contribution in [2.24, 2.45) is 0 Å². The number of hydrogen-bond acceptors (Lipinski definition) is 3. The summed E-state index contributed by atoms with van der Waals surface area (Å²) in [6, 6.07) is 15.3. The molecule has 3 N–H and O–H groups in total. The average Bonchev–Trinajstić information content (AvgIpc) is 3.06. The van der Waals surface area contributed by atoms with Crippen LogP contribution in [0.2, 0.25) is 0 Å². The number of carbonyl (C=O) groups is 2. The van der Waals surface area contributed by atoms with E-state index in [9.17, 15) is 9.59 Å². The van der Waals surface area contributed by atoms with Gasteiger partial charge in [0.15, 0.2) is 0 Å². The largest absolute Gasteiger partial charge is 0.361 e. The van der Waals surface area contributed by atoms with Gasteiger partial charge in [0.1, 0.15) is 6.17 Å². The number of benzene rings is 2. The molecule has 1 saturated heterocycles. The molecule has 0 spiro atoms. The molecule has 2 amide bonds. The van der Waals surface area contributed by atoms with Gasteiger partial charge in [-0.2, -0.15) is 0 Å². The van der Waals surface area contributed by atoms with E-state index in [1.54, 1.807) is 4.90 Å². The van der Waals surface area contributed by atoms with Gasteiger partial charge in [-0.25, -0.2) is 0 Å². The molecule has 2 aliphatic heterocycles. The first-order valence-electron chi connectivity index (χ1n) is 11.6. The monoisotopic (exact) mass is 421 g/mol. The number of hydrogen-bond donors (Lipinski definition) is 3. The third-order valence-corrected chi connectivity index (χ3v) is 6.28. The highest BCUT2D eigenvalue weighted by Gasteiger charge is 2.35. The third kappa shape index (κ3) is 4.90. The van der Waals surface area contributed by atoms with Crippen molar-refractivity contribution >= 4 is 17.5 Å². The molecular weight excluding hydrogens is 388 g/mol. The molecule has 0 unspecified atom stereocenters. The van der Waals surface area contributed by atoms with Crippen LogP contribution in [-0.2, 0) is 0 Å². The molecule has 0 saturated carbocycles. The minimum absolute atomic E-state index is 0.0478. The van der Waals surface area contributed by atoms with E-state index in [4.69, 9.17) is 0 Å². The Kier molecular flexibility index (Phi) is 6.87. The molecule has 2 aromatic carbocycles. The van der Waals surface area contributed by atoms with E-state index in [0.717, 1.165) is 29.8 Å². The Balaban J connectivity index is 1.41. The quantitative estimate of drug-likeness (QED) is 0.614. The Morgan fingerprint density at radius 2 is 1.90 bits per heavy atom. The summed E-state index contributed by atoms with van der Waals surface area (Å²) in [6.07, 6.45) is 4.59. The minimum atomic E-state index is -0.218. The number of nitrogens with one attached hydrogen (secondary N) is 3. The molecule has 164 valence electrons. The Hall–Kier alpha value is -2.86. The van der Waals surface area contributed by atoms with Crippen LogP contribution in [0, 0.1) is 0 Å². The fraction of sp³-hybridized carbons (Fsp3) is 0.440. The van der Waals surface area contributed by atoms with Crippen LogP contribution in [0.3, 0.4) is 0 Å². The van der Waals surface area contributed by atoms with E-state index in [1.165, 1.54) is 32.4 Å². The minimum Gasteiger partial charge on any atom is -0.361 e. The summed E-state index contributed by atoms with van der Waals surface area (Å²) in [5, 5.41) is 6.55. The van der Waals surface area contributed by atoms with Gasteiger partial charge in [-0.3, -0.25) is 9.59 Å². The smallest absolute Gasteiger partial charge is 0.256 e. The molecule has 6 heteroatoms. The van der Waals surface area contributed by atoms with Crippen molar-refractivity contribution < 1.29 is 14.5 Å². The maximum Gasteiger partial charge on any atom is 0.256 e. The topological polar surface area (TPSA) is 65.9 Å². The van der Waals surface area contributed by atoms with Gasteiger partial charge < -0.3 is 20.4 Å². The first kappa shape index (κ1) is 21.4. The fourth-order valence-electron chi connectivity index (χ4n) is 4.66. The van der Waals surface area contributed by atoms with Crippen molar-refractivity contribution in [2.45, 2.75) is 38.8 Å². The first-order valence-corrected chi connectivity index (χ1v) is 11.6. The first-order chi connectivity index (χ1) is 15.2.